The van der Waals surface area contributed by atoms with Gasteiger partial charge in [-0.05, 0) is 24.1 Å². The number of anilines is 1. The van der Waals surface area contributed by atoms with E-state index in [0.29, 0.717) is 37.7 Å². The van der Waals surface area contributed by atoms with Crippen molar-refractivity contribution in [3.8, 4) is 0 Å². The van der Waals surface area contributed by atoms with E-state index in [0.717, 1.165) is 19.4 Å². The first-order chi connectivity index (χ1) is 12.7. The smallest absolute Gasteiger partial charge is 0.257 e. The van der Waals surface area contributed by atoms with Crippen molar-refractivity contribution in [2.45, 2.75) is 6.42 Å². The van der Waals surface area contributed by atoms with Crippen LogP contribution >= 0.6 is 0 Å². The minimum Gasteiger partial charge on any atom is -0.344 e. The summed E-state index contributed by atoms with van der Waals surface area (Å²) in [5, 5.41) is 0. The summed E-state index contributed by atoms with van der Waals surface area (Å²) < 4.78 is 0. The molecule has 1 aliphatic heterocycles. The molecule has 3 heterocycles. The van der Waals surface area contributed by atoms with Crippen molar-refractivity contribution in [2.75, 3.05) is 44.7 Å². The fraction of sp³-hybridized carbons (Fsp3) is 0.389. The van der Waals surface area contributed by atoms with E-state index in [1.165, 1.54) is 5.56 Å². The molecule has 0 spiro atoms. The zero-order valence-electron chi connectivity index (χ0n) is 14.8. The molecule has 0 bridgehead atoms. The first-order valence-corrected chi connectivity index (χ1v) is 8.58. The number of rotatable bonds is 6. The molecule has 8 heteroatoms. The molecule has 1 saturated heterocycles. The van der Waals surface area contributed by atoms with E-state index in [2.05, 4.69) is 15.0 Å². The molecule has 2 aromatic heterocycles. The minimum absolute atomic E-state index is 0.0958. The summed E-state index contributed by atoms with van der Waals surface area (Å²) in [5.41, 5.74) is 1.67. The van der Waals surface area contributed by atoms with Gasteiger partial charge in [0.25, 0.3) is 5.91 Å². The second kappa shape index (κ2) is 8.37. The Morgan fingerprint density at radius 2 is 1.81 bits per heavy atom. The largest absolute Gasteiger partial charge is 0.344 e. The van der Waals surface area contributed by atoms with E-state index in [1.807, 2.05) is 24.1 Å². The van der Waals surface area contributed by atoms with E-state index in [4.69, 9.17) is 0 Å². The van der Waals surface area contributed by atoms with Gasteiger partial charge in [0.1, 0.15) is 0 Å². The van der Waals surface area contributed by atoms with Gasteiger partial charge in [-0.1, -0.05) is 0 Å². The molecule has 0 N–H and O–H groups in total. The number of pyridine rings is 1. The number of carbonyl (C=O) groups is 2. The van der Waals surface area contributed by atoms with Crippen LogP contribution in [0.4, 0.5) is 5.95 Å². The molecule has 2 aromatic rings. The number of likely N-dealkylation sites (N-methyl/N-ethyl adjacent to an activating group) is 1. The van der Waals surface area contributed by atoms with Crippen LogP contribution in [0.3, 0.4) is 0 Å². The Morgan fingerprint density at radius 1 is 1.15 bits per heavy atom. The van der Waals surface area contributed by atoms with E-state index in [9.17, 15) is 9.59 Å². The molecule has 2 amide bonds. The predicted octanol–water partition coefficient (Wildman–Crippen LogP) is 0.465. The van der Waals surface area contributed by atoms with Crippen LogP contribution in [0.2, 0.25) is 0 Å². The Morgan fingerprint density at radius 3 is 2.42 bits per heavy atom. The second-order valence-corrected chi connectivity index (χ2v) is 6.23. The minimum atomic E-state index is -0.0958. The maximum atomic E-state index is 12.5. The third kappa shape index (κ3) is 4.33. The highest BCUT2D eigenvalue weighted by atomic mass is 16.2. The summed E-state index contributed by atoms with van der Waals surface area (Å²) in [7, 11) is 1.93. The zero-order chi connectivity index (χ0) is 18.4. The summed E-state index contributed by atoms with van der Waals surface area (Å²) in [5.74, 6) is 0.489. The summed E-state index contributed by atoms with van der Waals surface area (Å²) in [4.78, 5) is 41.3. The van der Waals surface area contributed by atoms with Crippen molar-refractivity contribution in [3.05, 3.63) is 48.0 Å². The van der Waals surface area contributed by atoms with Gasteiger partial charge in [0.2, 0.25) is 12.4 Å². The number of hydrogen-bond donors (Lipinski definition) is 0. The van der Waals surface area contributed by atoms with Gasteiger partial charge in [0, 0.05) is 64.6 Å². The van der Waals surface area contributed by atoms with E-state index < -0.39 is 0 Å². The highest BCUT2D eigenvalue weighted by molar-refractivity contribution is 5.93. The summed E-state index contributed by atoms with van der Waals surface area (Å²) in [6.45, 7) is 2.96. The lowest BCUT2D eigenvalue weighted by atomic mass is 10.2. The van der Waals surface area contributed by atoms with Crippen LogP contribution < -0.4 is 4.90 Å². The molecule has 0 unspecified atom stereocenters. The van der Waals surface area contributed by atoms with Gasteiger partial charge in [0.05, 0.1) is 5.56 Å². The van der Waals surface area contributed by atoms with Gasteiger partial charge in [-0.2, -0.15) is 0 Å². The molecule has 0 aromatic carbocycles. The standard InChI is InChI=1S/C18H22N6O2/c1-22(7-4-15-2-5-19-6-3-15)18-20-12-16(13-21-18)17(26)24-10-8-23(14-25)9-11-24/h2-3,5-6,12-14H,4,7-11H2,1H3. The molecular formula is C18H22N6O2. The van der Waals surface area contributed by atoms with E-state index >= 15 is 0 Å². The summed E-state index contributed by atoms with van der Waals surface area (Å²) in [6, 6.07) is 3.97. The average molecular weight is 354 g/mol. The normalized spacial score (nSPS) is 14.2. The molecule has 0 aliphatic carbocycles. The first-order valence-electron chi connectivity index (χ1n) is 8.58. The highest BCUT2D eigenvalue weighted by Crippen LogP contribution is 2.10. The number of aromatic nitrogens is 3. The fourth-order valence-electron chi connectivity index (χ4n) is 2.79. The molecule has 136 valence electrons. The van der Waals surface area contributed by atoms with Crippen molar-refractivity contribution < 1.29 is 9.59 Å². The van der Waals surface area contributed by atoms with Crippen LogP contribution in [0.15, 0.2) is 36.9 Å². The quantitative estimate of drug-likeness (QED) is 0.701. The van der Waals surface area contributed by atoms with Crippen LogP contribution in [0.25, 0.3) is 0 Å². The van der Waals surface area contributed by atoms with Gasteiger partial charge in [0.15, 0.2) is 0 Å². The molecule has 26 heavy (non-hydrogen) atoms. The molecule has 0 atom stereocenters. The molecule has 0 saturated carbocycles. The lowest BCUT2D eigenvalue weighted by Gasteiger charge is -2.32. The van der Waals surface area contributed by atoms with Gasteiger partial charge < -0.3 is 14.7 Å². The Bertz CT molecular complexity index is 729. The molecule has 8 nitrogen and oxygen atoms in total. The number of hydrogen-bond acceptors (Lipinski definition) is 6. The van der Waals surface area contributed by atoms with Gasteiger partial charge in [-0.15, -0.1) is 0 Å². The van der Waals surface area contributed by atoms with E-state index in [1.54, 1.807) is 34.6 Å². The van der Waals surface area contributed by atoms with Crippen molar-refractivity contribution in [2.24, 2.45) is 0 Å². The van der Waals surface area contributed by atoms with Crippen molar-refractivity contribution in [1.29, 1.82) is 0 Å². The first kappa shape index (κ1) is 17.8. The lowest BCUT2D eigenvalue weighted by molar-refractivity contribution is -0.119. The van der Waals surface area contributed by atoms with Crippen LogP contribution in [-0.4, -0.2) is 76.8 Å². The van der Waals surface area contributed by atoms with Crippen LogP contribution in [0.1, 0.15) is 15.9 Å². The monoisotopic (exact) mass is 354 g/mol. The Hall–Kier alpha value is -3.03. The van der Waals surface area contributed by atoms with Gasteiger partial charge in [-0.3, -0.25) is 14.6 Å². The maximum Gasteiger partial charge on any atom is 0.257 e. The summed E-state index contributed by atoms with van der Waals surface area (Å²) >= 11 is 0. The molecular weight excluding hydrogens is 332 g/mol. The highest BCUT2D eigenvalue weighted by Gasteiger charge is 2.22. The Kier molecular flexibility index (Phi) is 5.73. The third-order valence-electron chi connectivity index (χ3n) is 4.46. The van der Waals surface area contributed by atoms with Crippen LogP contribution in [0.5, 0.6) is 0 Å². The van der Waals surface area contributed by atoms with Gasteiger partial charge in [-0.25, -0.2) is 9.97 Å². The zero-order valence-corrected chi connectivity index (χ0v) is 14.8. The number of nitrogens with zero attached hydrogens (tertiary/aromatic N) is 6. The van der Waals surface area contributed by atoms with Crippen LogP contribution in [-0.2, 0) is 11.2 Å². The SMILES string of the molecule is CN(CCc1ccncc1)c1ncc(C(=O)N2CCN(C=O)CC2)cn1. The third-order valence-corrected chi connectivity index (χ3v) is 4.46. The molecule has 1 fully saturated rings. The van der Waals surface area contributed by atoms with E-state index in [-0.39, 0.29) is 5.91 Å². The average Bonchev–Trinajstić information content (AvgIpc) is 2.72. The Balaban J connectivity index is 1.55. The lowest BCUT2D eigenvalue weighted by Crippen LogP contribution is -2.48. The topological polar surface area (TPSA) is 82.5 Å². The van der Waals surface area contributed by atoms with Crippen LogP contribution in [0, 0.1) is 0 Å². The second-order valence-electron chi connectivity index (χ2n) is 6.23. The number of piperazine rings is 1. The molecule has 0 radical (unpaired) electrons. The number of carbonyl (C=O) groups excluding carboxylic acids is 2. The van der Waals surface area contributed by atoms with Gasteiger partial charge >= 0.3 is 0 Å². The predicted molar refractivity (Wildman–Crippen MR) is 96.8 cm³/mol. The van der Waals surface area contributed by atoms with Crippen molar-refractivity contribution in [1.82, 2.24) is 24.8 Å². The summed E-state index contributed by atoms with van der Waals surface area (Å²) in [6.07, 6.45) is 8.38. The molecule has 1 aliphatic rings. The van der Waals surface area contributed by atoms with Crippen molar-refractivity contribution in [3.63, 3.8) is 0 Å². The Labute approximate surface area is 152 Å². The maximum absolute atomic E-state index is 12.5. The van der Waals surface area contributed by atoms with Crippen molar-refractivity contribution >= 4 is 18.3 Å². The number of amides is 2. The fourth-order valence-corrected chi connectivity index (χ4v) is 2.79. The molecule has 3 rings (SSSR count).